The predicted molar refractivity (Wildman–Crippen MR) is 113 cm³/mol. The maximum Gasteiger partial charge on any atom is 0.306 e. The van der Waals surface area contributed by atoms with E-state index in [2.05, 4.69) is 10.1 Å². The van der Waals surface area contributed by atoms with Crippen LogP contribution in [0.1, 0.15) is 31.0 Å². The highest BCUT2D eigenvalue weighted by Gasteiger charge is 2.33. The molecule has 7 nitrogen and oxygen atoms in total. The number of benzene rings is 2. The van der Waals surface area contributed by atoms with E-state index in [1.807, 2.05) is 18.2 Å². The van der Waals surface area contributed by atoms with Gasteiger partial charge in [-0.25, -0.2) is 4.98 Å². The minimum Gasteiger partial charge on any atom is -0.481 e. The second kappa shape index (κ2) is 7.18. The third-order valence-electron chi connectivity index (χ3n) is 5.66. The standard InChI is InChI=1S/C22H17ClN4O3/c23-15-8-9-17-16(11-15)20-25-21(28)18(12-4-2-1-3-5-12)26-27(20)19(24-17)13-6-7-14(10-13)22(29)30/h1-5,8-9,11,13-14H,6-7,10H2,(H,29,30)/t13-,14-/m0/s1. The average molecular weight is 421 g/mol. The number of carboxylic acids is 1. The van der Waals surface area contributed by atoms with Crippen molar-refractivity contribution < 1.29 is 9.90 Å². The molecule has 1 fully saturated rings. The van der Waals surface area contributed by atoms with E-state index in [4.69, 9.17) is 16.6 Å². The first-order valence-electron chi connectivity index (χ1n) is 9.70. The van der Waals surface area contributed by atoms with Crippen LogP contribution in [0.3, 0.4) is 0 Å². The molecule has 0 spiro atoms. The third-order valence-corrected chi connectivity index (χ3v) is 5.89. The molecule has 150 valence electrons. The molecule has 2 aromatic carbocycles. The molecule has 0 bridgehead atoms. The lowest BCUT2D eigenvalue weighted by atomic mass is 10.0. The van der Waals surface area contributed by atoms with Crippen molar-refractivity contribution in [3.8, 4) is 11.3 Å². The van der Waals surface area contributed by atoms with Gasteiger partial charge in [0.25, 0.3) is 5.56 Å². The van der Waals surface area contributed by atoms with Crippen molar-refractivity contribution in [2.24, 2.45) is 5.92 Å². The fourth-order valence-corrected chi connectivity index (χ4v) is 4.33. The Balaban J connectivity index is 1.80. The van der Waals surface area contributed by atoms with E-state index in [0.29, 0.717) is 52.2 Å². The molecule has 0 amide bonds. The van der Waals surface area contributed by atoms with Crippen LogP contribution in [0, 0.1) is 5.92 Å². The van der Waals surface area contributed by atoms with E-state index in [-0.39, 0.29) is 11.6 Å². The molecule has 8 heteroatoms. The van der Waals surface area contributed by atoms with Gasteiger partial charge in [-0.2, -0.15) is 14.6 Å². The Hall–Kier alpha value is -3.32. The lowest BCUT2D eigenvalue weighted by Gasteiger charge is -2.15. The second-order valence-corrected chi connectivity index (χ2v) is 7.98. The highest BCUT2D eigenvalue weighted by molar-refractivity contribution is 6.31. The first kappa shape index (κ1) is 18.7. The summed E-state index contributed by atoms with van der Waals surface area (Å²) < 4.78 is 1.59. The fourth-order valence-electron chi connectivity index (χ4n) is 4.16. The van der Waals surface area contributed by atoms with Crippen molar-refractivity contribution in [2.45, 2.75) is 25.2 Å². The molecule has 0 radical (unpaired) electrons. The van der Waals surface area contributed by atoms with Gasteiger partial charge in [0.2, 0.25) is 0 Å². The molecule has 0 saturated heterocycles. The van der Waals surface area contributed by atoms with Crippen LogP contribution in [0.25, 0.3) is 27.8 Å². The van der Waals surface area contributed by atoms with E-state index in [0.717, 1.165) is 0 Å². The van der Waals surface area contributed by atoms with Crippen LogP contribution in [0.4, 0.5) is 0 Å². The summed E-state index contributed by atoms with van der Waals surface area (Å²) in [5, 5.41) is 15.2. The van der Waals surface area contributed by atoms with Gasteiger partial charge in [0.05, 0.1) is 11.4 Å². The molecule has 2 atom stereocenters. The monoisotopic (exact) mass is 420 g/mol. The van der Waals surface area contributed by atoms with Crippen LogP contribution >= 0.6 is 11.6 Å². The van der Waals surface area contributed by atoms with Gasteiger partial charge in [-0.1, -0.05) is 41.9 Å². The summed E-state index contributed by atoms with van der Waals surface area (Å²) in [4.78, 5) is 33.4. The summed E-state index contributed by atoms with van der Waals surface area (Å²) in [5.41, 5.74) is 1.48. The number of carboxylic acid groups (broad SMARTS) is 1. The minimum absolute atomic E-state index is 0.0888. The van der Waals surface area contributed by atoms with Crippen molar-refractivity contribution in [2.75, 3.05) is 0 Å². The van der Waals surface area contributed by atoms with Gasteiger partial charge in [-0.05, 0) is 37.5 Å². The highest BCUT2D eigenvalue weighted by Crippen LogP contribution is 2.38. The summed E-state index contributed by atoms with van der Waals surface area (Å²) in [6.07, 6.45) is 1.75. The lowest BCUT2D eigenvalue weighted by molar-refractivity contribution is -0.141. The molecule has 1 aliphatic rings. The summed E-state index contributed by atoms with van der Waals surface area (Å²) >= 11 is 6.18. The van der Waals surface area contributed by atoms with E-state index in [1.165, 1.54) is 0 Å². The van der Waals surface area contributed by atoms with Gasteiger partial charge in [-0.15, -0.1) is 0 Å². The van der Waals surface area contributed by atoms with Gasteiger partial charge in [0, 0.05) is 21.9 Å². The molecule has 5 rings (SSSR count). The maximum absolute atomic E-state index is 12.8. The Morgan fingerprint density at radius 2 is 1.90 bits per heavy atom. The number of nitrogens with zero attached hydrogens (tertiary/aromatic N) is 4. The quantitative estimate of drug-likeness (QED) is 0.504. The van der Waals surface area contributed by atoms with Crippen LogP contribution in [0.2, 0.25) is 5.02 Å². The Kier molecular flexibility index (Phi) is 4.47. The molecule has 1 saturated carbocycles. The molecule has 2 heterocycles. The number of hydrogen-bond donors (Lipinski definition) is 1. The average Bonchev–Trinajstić information content (AvgIpc) is 3.24. The Morgan fingerprint density at radius 3 is 2.63 bits per heavy atom. The molecule has 2 aromatic heterocycles. The largest absolute Gasteiger partial charge is 0.481 e. The fraction of sp³-hybridized carbons (Fsp3) is 0.227. The molecule has 4 aromatic rings. The van der Waals surface area contributed by atoms with Gasteiger partial charge >= 0.3 is 5.97 Å². The van der Waals surface area contributed by atoms with E-state index < -0.39 is 17.4 Å². The van der Waals surface area contributed by atoms with Gasteiger partial charge in [-0.3, -0.25) is 9.59 Å². The molecule has 0 aliphatic heterocycles. The van der Waals surface area contributed by atoms with E-state index in [9.17, 15) is 14.7 Å². The minimum atomic E-state index is -0.794. The molecule has 0 unspecified atom stereocenters. The number of fused-ring (bicyclic) bond motifs is 3. The smallest absolute Gasteiger partial charge is 0.306 e. The lowest BCUT2D eigenvalue weighted by Crippen LogP contribution is -2.20. The SMILES string of the molecule is O=C(O)[C@H]1CC[C@H](c2nc3ccc(Cl)cc3c3nc(=O)c(-c4ccccc4)nn23)C1. The summed E-state index contributed by atoms with van der Waals surface area (Å²) in [5.74, 6) is -0.673. The van der Waals surface area contributed by atoms with Crippen LogP contribution in [-0.2, 0) is 4.79 Å². The molecule has 1 aliphatic carbocycles. The highest BCUT2D eigenvalue weighted by atomic mass is 35.5. The first-order valence-corrected chi connectivity index (χ1v) is 10.1. The van der Waals surface area contributed by atoms with Crippen LogP contribution in [0.5, 0.6) is 0 Å². The van der Waals surface area contributed by atoms with Crippen molar-refractivity contribution in [3.05, 3.63) is 69.7 Å². The van der Waals surface area contributed by atoms with Crippen molar-refractivity contribution >= 4 is 34.1 Å². The first-order chi connectivity index (χ1) is 14.5. The molecular formula is C22H17ClN4O3. The maximum atomic E-state index is 12.8. The number of aromatic nitrogens is 4. The number of halogens is 1. The Morgan fingerprint density at radius 1 is 1.10 bits per heavy atom. The zero-order chi connectivity index (χ0) is 20.8. The Labute approximate surface area is 176 Å². The Bertz CT molecular complexity index is 1350. The van der Waals surface area contributed by atoms with Gasteiger partial charge in [0.15, 0.2) is 11.3 Å². The van der Waals surface area contributed by atoms with Crippen LogP contribution < -0.4 is 5.56 Å². The topological polar surface area (TPSA) is 97.5 Å². The molecular weight excluding hydrogens is 404 g/mol. The predicted octanol–water partition coefficient (Wildman–Crippen LogP) is 3.93. The number of rotatable bonds is 3. The number of hydrogen-bond acceptors (Lipinski definition) is 5. The normalized spacial score (nSPS) is 18.8. The van der Waals surface area contributed by atoms with Gasteiger partial charge in [0.1, 0.15) is 5.82 Å². The van der Waals surface area contributed by atoms with Crippen LogP contribution in [-0.4, -0.2) is 30.7 Å². The van der Waals surface area contributed by atoms with E-state index >= 15 is 0 Å². The molecule has 30 heavy (non-hydrogen) atoms. The third kappa shape index (κ3) is 3.11. The molecule has 1 N–H and O–H groups in total. The van der Waals surface area contributed by atoms with Crippen LogP contribution in [0.15, 0.2) is 53.3 Å². The summed E-state index contributed by atoms with van der Waals surface area (Å²) in [7, 11) is 0. The van der Waals surface area contributed by atoms with Crippen molar-refractivity contribution in [1.29, 1.82) is 0 Å². The zero-order valence-corrected chi connectivity index (χ0v) is 16.6. The summed E-state index contributed by atoms with van der Waals surface area (Å²) in [6, 6.07) is 14.4. The van der Waals surface area contributed by atoms with Crippen molar-refractivity contribution in [1.82, 2.24) is 19.6 Å². The number of carbonyl (C=O) groups is 1. The van der Waals surface area contributed by atoms with E-state index in [1.54, 1.807) is 34.8 Å². The van der Waals surface area contributed by atoms with Gasteiger partial charge < -0.3 is 5.11 Å². The van der Waals surface area contributed by atoms with Crippen molar-refractivity contribution in [3.63, 3.8) is 0 Å². The second-order valence-electron chi connectivity index (χ2n) is 7.54. The zero-order valence-electron chi connectivity index (χ0n) is 15.8. The number of aliphatic carboxylic acids is 1. The summed E-state index contributed by atoms with van der Waals surface area (Å²) in [6.45, 7) is 0.